The molecule has 0 bridgehead atoms. The molecule has 3 heteroatoms. The summed E-state index contributed by atoms with van der Waals surface area (Å²) in [4.78, 5) is 12.6. The molecule has 0 aromatic heterocycles. The Hall–Kier alpha value is -2.29. The summed E-state index contributed by atoms with van der Waals surface area (Å²) in [5, 5.41) is 3.06. The van der Waals surface area contributed by atoms with Crippen LogP contribution in [0.2, 0.25) is 0 Å². The molecule has 0 atom stereocenters. The molecular formula is C18H20N2O. The van der Waals surface area contributed by atoms with Crippen LogP contribution in [-0.4, -0.2) is 5.91 Å². The molecule has 3 rings (SSSR count). The minimum Gasteiger partial charge on any atom is -0.399 e. The number of aryl methyl sites for hydroxylation is 1. The highest BCUT2D eigenvalue weighted by Gasteiger charge is 2.51. The predicted molar refractivity (Wildman–Crippen MR) is 86.2 cm³/mol. The van der Waals surface area contributed by atoms with Crippen LogP contribution in [0.3, 0.4) is 0 Å². The predicted octanol–water partition coefficient (Wildman–Crippen LogP) is 3.50. The van der Waals surface area contributed by atoms with Crippen molar-refractivity contribution in [1.82, 2.24) is 0 Å². The molecule has 3 nitrogen and oxygen atoms in total. The Labute approximate surface area is 125 Å². The van der Waals surface area contributed by atoms with Crippen LogP contribution >= 0.6 is 0 Å². The van der Waals surface area contributed by atoms with Gasteiger partial charge in [-0.15, -0.1) is 0 Å². The minimum atomic E-state index is -0.365. The minimum absolute atomic E-state index is 0.0838. The molecule has 0 unspecified atom stereocenters. The first kappa shape index (κ1) is 13.7. The van der Waals surface area contributed by atoms with Crippen LogP contribution in [0, 0.1) is 0 Å². The van der Waals surface area contributed by atoms with Gasteiger partial charge >= 0.3 is 0 Å². The average Bonchev–Trinajstić information content (AvgIpc) is 3.30. The maximum Gasteiger partial charge on any atom is 0.235 e. The maximum absolute atomic E-state index is 12.6. The standard InChI is InChI=1S/C18H20N2O/c1-2-13-4-3-5-16(12-13)20-17(21)18(10-11-18)14-6-8-15(19)9-7-14/h3-9,12H,2,10-11,19H2,1H3,(H,20,21). The summed E-state index contributed by atoms with van der Waals surface area (Å²) in [6.07, 6.45) is 2.76. The largest absolute Gasteiger partial charge is 0.399 e. The smallest absolute Gasteiger partial charge is 0.235 e. The monoisotopic (exact) mass is 280 g/mol. The molecule has 21 heavy (non-hydrogen) atoms. The van der Waals surface area contributed by atoms with Gasteiger partial charge in [-0.3, -0.25) is 4.79 Å². The molecule has 1 aliphatic carbocycles. The Kier molecular flexibility index (Phi) is 3.42. The Morgan fingerprint density at radius 3 is 2.52 bits per heavy atom. The van der Waals surface area contributed by atoms with Crippen LogP contribution in [-0.2, 0) is 16.6 Å². The van der Waals surface area contributed by atoms with Gasteiger partial charge in [0.2, 0.25) is 5.91 Å². The van der Waals surface area contributed by atoms with Crippen molar-refractivity contribution in [3.8, 4) is 0 Å². The van der Waals surface area contributed by atoms with Gasteiger partial charge in [-0.2, -0.15) is 0 Å². The van der Waals surface area contributed by atoms with Crippen molar-refractivity contribution < 1.29 is 4.79 Å². The van der Waals surface area contributed by atoms with Crippen LogP contribution in [0.4, 0.5) is 11.4 Å². The summed E-state index contributed by atoms with van der Waals surface area (Å²) < 4.78 is 0. The number of carbonyl (C=O) groups excluding carboxylic acids is 1. The third-order valence-electron chi connectivity index (χ3n) is 4.24. The molecule has 108 valence electrons. The van der Waals surface area contributed by atoms with Gasteiger partial charge in [-0.05, 0) is 54.7 Å². The molecule has 3 N–H and O–H groups in total. The van der Waals surface area contributed by atoms with E-state index in [4.69, 9.17) is 5.73 Å². The van der Waals surface area contributed by atoms with Crippen molar-refractivity contribution in [3.05, 3.63) is 59.7 Å². The fourth-order valence-corrected chi connectivity index (χ4v) is 2.69. The highest BCUT2D eigenvalue weighted by Crippen LogP contribution is 2.49. The van der Waals surface area contributed by atoms with Crippen LogP contribution in [0.5, 0.6) is 0 Å². The maximum atomic E-state index is 12.6. The third-order valence-corrected chi connectivity index (χ3v) is 4.24. The molecule has 0 radical (unpaired) electrons. The lowest BCUT2D eigenvalue weighted by molar-refractivity contribution is -0.118. The summed E-state index contributed by atoms with van der Waals surface area (Å²) in [5.41, 5.74) is 9.24. The number of nitrogens with one attached hydrogen (secondary N) is 1. The summed E-state index contributed by atoms with van der Waals surface area (Å²) in [6, 6.07) is 15.7. The highest BCUT2D eigenvalue weighted by atomic mass is 16.2. The third kappa shape index (κ3) is 2.64. The fraction of sp³-hybridized carbons (Fsp3) is 0.278. The zero-order valence-corrected chi connectivity index (χ0v) is 12.2. The Morgan fingerprint density at radius 1 is 1.19 bits per heavy atom. The molecule has 0 aliphatic heterocycles. The topological polar surface area (TPSA) is 55.1 Å². The number of amides is 1. The molecule has 1 amide bonds. The van der Waals surface area contributed by atoms with E-state index in [9.17, 15) is 4.79 Å². The Morgan fingerprint density at radius 2 is 1.90 bits per heavy atom. The number of rotatable bonds is 4. The van der Waals surface area contributed by atoms with E-state index in [2.05, 4.69) is 18.3 Å². The molecule has 0 spiro atoms. The fourth-order valence-electron chi connectivity index (χ4n) is 2.69. The lowest BCUT2D eigenvalue weighted by atomic mass is 9.94. The van der Waals surface area contributed by atoms with Crippen LogP contribution in [0.25, 0.3) is 0 Å². The first-order valence-corrected chi connectivity index (χ1v) is 7.40. The Bertz CT molecular complexity index is 657. The van der Waals surface area contributed by atoms with E-state index in [1.807, 2.05) is 42.5 Å². The van der Waals surface area contributed by atoms with E-state index >= 15 is 0 Å². The van der Waals surface area contributed by atoms with E-state index in [1.165, 1.54) is 5.56 Å². The van der Waals surface area contributed by atoms with Crippen molar-refractivity contribution in [1.29, 1.82) is 0 Å². The number of anilines is 2. The van der Waals surface area contributed by atoms with Crippen LogP contribution in [0.1, 0.15) is 30.9 Å². The summed E-state index contributed by atoms with van der Waals surface area (Å²) in [5.74, 6) is 0.0838. The van der Waals surface area contributed by atoms with E-state index in [0.29, 0.717) is 0 Å². The summed E-state index contributed by atoms with van der Waals surface area (Å²) in [6.45, 7) is 2.11. The van der Waals surface area contributed by atoms with Gasteiger partial charge in [0.15, 0.2) is 0 Å². The lowest BCUT2D eigenvalue weighted by Gasteiger charge is -2.16. The number of hydrogen-bond acceptors (Lipinski definition) is 2. The molecule has 1 saturated carbocycles. The SMILES string of the molecule is CCc1cccc(NC(=O)C2(c3ccc(N)cc3)CC2)c1. The summed E-state index contributed by atoms with van der Waals surface area (Å²) >= 11 is 0. The normalized spacial score (nSPS) is 15.5. The lowest BCUT2D eigenvalue weighted by Crippen LogP contribution is -2.27. The number of benzene rings is 2. The number of nitrogen functional groups attached to an aromatic ring is 1. The van der Waals surface area contributed by atoms with Crippen molar-refractivity contribution in [2.45, 2.75) is 31.6 Å². The van der Waals surface area contributed by atoms with E-state index in [0.717, 1.165) is 36.2 Å². The van der Waals surface area contributed by atoms with Crippen molar-refractivity contribution in [2.24, 2.45) is 0 Å². The van der Waals surface area contributed by atoms with Crippen LogP contribution in [0.15, 0.2) is 48.5 Å². The average molecular weight is 280 g/mol. The molecular weight excluding hydrogens is 260 g/mol. The zero-order valence-electron chi connectivity index (χ0n) is 12.2. The second-order valence-electron chi connectivity index (χ2n) is 5.71. The van der Waals surface area contributed by atoms with Gasteiger partial charge in [-0.25, -0.2) is 0 Å². The van der Waals surface area contributed by atoms with Gasteiger partial charge in [0.05, 0.1) is 5.41 Å². The molecule has 2 aromatic rings. The van der Waals surface area contributed by atoms with Gasteiger partial charge in [0, 0.05) is 11.4 Å². The van der Waals surface area contributed by atoms with Crippen molar-refractivity contribution >= 4 is 17.3 Å². The first-order valence-electron chi connectivity index (χ1n) is 7.40. The zero-order chi connectivity index (χ0) is 14.9. The molecule has 1 aliphatic rings. The molecule has 2 aromatic carbocycles. The van der Waals surface area contributed by atoms with Crippen LogP contribution < -0.4 is 11.1 Å². The number of nitrogens with two attached hydrogens (primary N) is 1. The van der Waals surface area contributed by atoms with Gasteiger partial charge in [0.25, 0.3) is 0 Å². The Balaban J connectivity index is 1.80. The van der Waals surface area contributed by atoms with Gasteiger partial charge in [0.1, 0.15) is 0 Å². The van der Waals surface area contributed by atoms with Crippen molar-refractivity contribution in [2.75, 3.05) is 11.1 Å². The first-order chi connectivity index (χ1) is 10.1. The van der Waals surface area contributed by atoms with Gasteiger partial charge < -0.3 is 11.1 Å². The second-order valence-corrected chi connectivity index (χ2v) is 5.71. The number of hydrogen-bond donors (Lipinski definition) is 2. The molecule has 0 heterocycles. The van der Waals surface area contributed by atoms with Gasteiger partial charge in [-0.1, -0.05) is 31.2 Å². The number of carbonyl (C=O) groups is 1. The summed E-state index contributed by atoms with van der Waals surface area (Å²) in [7, 11) is 0. The van der Waals surface area contributed by atoms with E-state index in [-0.39, 0.29) is 11.3 Å². The second kappa shape index (κ2) is 5.24. The van der Waals surface area contributed by atoms with E-state index < -0.39 is 0 Å². The quantitative estimate of drug-likeness (QED) is 0.842. The van der Waals surface area contributed by atoms with Crippen molar-refractivity contribution in [3.63, 3.8) is 0 Å². The highest BCUT2D eigenvalue weighted by molar-refractivity contribution is 6.01. The molecule has 0 saturated heterocycles. The van der Waals surface area contributed by atoms with E-state index in [1.54, 1.807) is 0 Å². The molecule has 1 fully saturated rings.